The second kappa shape index (κ2) is 9.04. The molecule has 2 N–H and O–H groups in total. The molecule has 0 atom stereocenters. The van der Waals surface area contributed by atoms with Crippen LogP contribution in [0.2, 0.25) is 0 Å². The lowest BCUT2D eigenvalue weighted by Crippen LogP contribution is -2.27. The second-order valence-corrected chi connectivity index (χ2v) is 8.14. The Hall–Kier alpha value is -2.34. The van der Waals surface area contributed by atoms with E-state index in [-0.39, 0.29) is 11.8 Å². The Kier molecular flexibility index (Phi) is 7.02. The fraction of sp³-hybridized carbons (Fsp3) is 0.333. The average molecular weight is 433 g/mol. The second-order valence-electron chi connectivity index (χ2n) is 7.23. The molecule has 0 aliphatic heterocycles. The Morgan fingerprint density at radius 1 is 1.04 bits per heavy atom. The van der Waals surface area contributed by atoms with Gasteiger partial charge in [0.2, 0.25) is 5.91 Å². The van der Waals surface area contributed by atoms with Gasteiger partial charge in [-0.1, -0.05) is 49.7 Å². The van der Waals surface area contributed by atoms with Crippen molar-refractivity contribution in [2.75, 3.05) is 17.2 Å². The maximum absolute atomic E-state index is 12.7. The smallest absolute Gasteiger partial charge is 0.259 e. The summed E-state index contributed by atoms with van der Waals surface area (Å²) >= 11 is 3.39. The van der Waals surface area contributed by atoms with Crippen molar-refractivity contribution in [3.63, 3.8) is 0 Å². The highest BCUT2D eigenvalue weighted by Gasteiger charge is 2.21. The molecule has 0 fully saturated rings. The van der Waals surface area contributed by atoms with E-state index in [9.17, 15) is 9.59 Å². The summed E-state index contributed by atoms with van der Waals surface area (Å²) < 4.78 is 6.47. The lowest BCUT2D eigenvalue weighted by atomic mass is 9.95. The molecular weight excluding hydrogens is 408 g/mol. The Balaban J connectivity index is 2.18. The van der Waals surface area contributed by atoms with Gasteiger partial charge in [-0.2, -0.15) is 0 Å². The third kappa shape index (κ3) is 6.10. The van der Waals surface area contributed by atoms with E-state index in [1.807, 2.05) is 33.8 Å². The molecule has 2 amide bonds. The van der Waals surface area contributed by atoms with Gasteiger partial charge in [0, 0.05) is 21.3 Å². The van der Waals surface area contributed by atoms with Crippen LogP contribution >= 0.6 is 15.9 Å². The molecule has 0 saturated heterocycles. The maximum atomic E-state index is 12.7. The molecule has 0 unspecified atom stereocenters. The van der Waals surface area contributed by atoms with Crippen LogP contribution in [-0.4, -0.2) is 18.4 Å². The quantitative estimate of drug-likeness (QED) is 0.635. The van der Waals surface area contributed by atoms with Crippen molar-refractivity contribution in [1.29, 1.82) is 0 Å². The van der Waals surface area contributed by atoms with Crippen molar-refractivity contribution < 1.29 is 14.3 Å². The lowest BCUT2D eigenvalue weighted by Gasteiger charge is -2.18. The van der Waals surface area contributed by atoms with Gasteiger partial charge < -0.3 is 15.4 Å². The van der Waals surface area contributed by atoms with Crippen LogP contribution in [0.15, 0.2) is 46.9 Å². The molecule has 0 heterocycles. The summed E-state index contributed by atoms with van der Waals surface area (Å²) in [5.41, 5.74) is 1.17. The molecule has 0 radical (unpaired) electrons. The first-order valence-electron chi connectivity index (χ1n) is 8.86. The van der Waals surface area contributed by atoms with Gasteiger partial charge in [-0.25, -0.2) is 0 Å². The van der Waals surface area contributed by atoms with Crippen molar-refractivity contribution in [1.82, 2.24) is 0 Å². The van der Waals surface area contributed by atoms with Crippen LogP contribution in [0.4, 0.5) is 11.4 Å². The minimum atomic E-state index is -0.499. The zero-order valence-corrected chi connectivity index (χ0v) is 17.6. The Morgan fingerprint density at radius 2 is 1.70 bits per heavy atom. The van der Waals surface area contributed by atoms with Gasteiger partial charge in [-0.3, -0.25) is 9.59 Å². The number of ether oxygens (including phenoxy) is 1. The largest absolute Gasteiger partial charge is 0.493 e. The molecule has 0 spiro atoms. The maximum Gasteiger partial charge on any atom is 0.259 e. The minimum absolute atomic E-state index is 0.0896. The summed E-state index contributed by atoms with van der Waals surface area (Å²) in [6.07, 6.45) is 0.854. The van der Waals surface area contributed by atoms with E-state index in [0.717, 1.165) is 10.9 Å². The van der Waals surface area contributed by atoms with Gasteiger partial charge in [0.25, 0.3) is 5.91 Å². The number of carbonyl (C=O) groups excluding carboxylic acids is 2. The molecular formula is C21H25BrN2O3. The first kappa shape index (κ1) is 21.0. The first-order chi connectivity index (χ1) is 12.7. The van der Waals surface area contributed by atoms with Gasteiger partial charge in [-0.15, -0.1) is 0 Å². The normalized spacial score (nSPS) is 11.0. The third-order valence-electron chi connectivity index (χ3n) is 3.71. The number of hydrogen-bond donors (Lipinski definition) is 2. The van der Waals surface area contributed by atoms with Crippen molar-refractivity contribution in [3.05, 3.63) is 52.5 Å². The number of carbonyl (C=O) groups is 2. The summed E-state index contributed by atoms with van der Waals surface area (Å²) in [7, 11) is 0. The van der Waals surface area contributed by atoms with Crippen LogP contribution in [0.1, 0.15) is 44.5 Å². The molecule has 2 aromatic rings. The van der Waals surface area contributed by atoms with Crippen molar-refractivity contribution >= 4 is 39.1 Å². The number of rotatable bonds is 6. The Labute approximate surface area is 168 Å². The highest BCUT2D eigenvalue weighted by atomic mass is 79.9. The fourth-order valence-electron chi connectivity index (χ4n) is 2.21. The SMILES string of the molecule is CCCOc1ccc(Br)cc1C(=O)Nc1cccc(NC(=O)C(C)(C)C)c1. The van der Waals surface area contributed by atoms with Crippen LogP contribution < -0.4 is 15.4 Å². The monoisotopic (exact) mass is 432 g/mol. The lowest BCUT2D eigenvalue weighted by molar-refractivity contribution is -0.123. The van der Waals surface area contributed by atoms with Crippen LogP contribution in [0.5, 0.6) is 5.75 Å². The highest BCUT2D eigenvalue weighted by Crippen LogP contribution is 2.25. The van der Waals surface area contributed by atoms with E-state index in [1.54, 1.807) is 36.4 Å². The van der Waals surface area contributed by atoms with Gasteiger partial charge in [0.1, 0.15) is 5.75 Å². The topological polar surface area (TPSA) is 67.4 Å². The van der Waals surface area contributed by atoms with E-state index >= 15 is 0 Å². The van der Waals surface area contributed by atoms with E-state index in [4.69, 9.17) is 4.74 Å². The fourth-order valence-corrected chi connectivity index (χ4v) is 2.57. The van der Waals surface area contributed by atoms with Gasteiger partial charge >= 0.3 is 0 Å². The van der Waals surface area contributed by atoms with E-state index in [2.05, 4.69) is 26.6 Å². The summed E-state index contributed by atoms with van der Waals surface area (Å²) in [4.78, 5) is 24.9. The average Bonchev–Trinajstić information content (AvgIpc) is 2.60. The number of nitrogens with one attached hydrogen (secondary N) is 2. The van der Waals surface area contributed by atoms with E-state index < -0.39 is 5.41 Å². The van der Waals surface area contributed by atoms with Gasteiger partial charge in [0.15, 0.2) is 0 Å². The third-order valence-corrected chi connectivity index (χ3v) is 4.20. The summed E-state index contributed by atoms with van der Waals surface area (Å²) in [5.74, 6) is 0.171. The number of halogens is 1. The van der Waals surface area contributed by atoms with Crippen LogP contribution in [0.25, 0.3) is 0 Å². The summed E-state index contributed by atoms with van der Waals surface area (Å²) in [6.45, 7) is 8.09. The van der Waals surface area contributed by atoms with E-state index in [1.165, 1.54) is 0 Å². The molecule has 2 aromatic carbocycles. The molecule has 0 aromatic heterocycles. The number of anilines is 2. The molecule has 5 nitrogen and oxygen atoms in total. The Bertz CT molecular complexity index is 828. The molecule has 0 bridgehead atoms. The van der Waals surface area contributed by atoms with Crippen molar-refractivity contribution in [3.8, 4) is 5.75 Å². The number of hydrogen-bond acceptors (Lipinski definition) is 3. The molecule has 0 saturated carbocycles. The first-order valence-corrected chi connectivity index (χ1v) is 9.65. The molecule has 144 valence electrons. The zero-order chi connectivity index (χ0) is 20.0. The molecule has 0 aliphatic carbocycles. The molecule has 0 aliphatic rings. The van der Waals surface area contributed by atoms with Crippen LogP contribution in [0.3, 0.4) is 0 Å². The molecule has 2 rings (SSSR count). The Morgan fingerprint density at radius 3 is 2.33 bits per heavy atom. The van der Waals surface area contributed by atoms with Crippen LogP contribution in [0, 0.1) is 5.41 Å². The summed E-state index contributed by atoms with van der Waals surface area (Å²) in [5, 5.41) is 5.72. The summed E-state index contributed by atoms with van der Waals surface area (Å²) in [6, 6.07) is 12.4. The molecule has 27 heavy (non-hydrogen) atoms. The number of benzene rings is 2. The predicted molar refractivity (Wildman–Crippen MR) is 112 cm³/mol. The van der Waals surface area contributed by atoms with E-state index in [0.29, 0.717) is 29.3 Å². The standard InChI is InChI=1S/C21H25BrN2O3/c1-5-11-27-18-10-9-14(22)12-17(18)19(25)23-15-7-6-8-16(13-15)24-20(26)21(2,3)4/h6-10,12-13H,5,11H2,1-4H3,(H,23,25)(H,24,26). The molecule has 6 heteroatoms. The van der Waals surface area contributed by atoms with Crippen molar-refractivity contribution in [2.24, 2.45) is 5.41 Å². The highest BCUT2D eigenvalue weighted by molar-refractivity contribution is 9.10. The predicted octanol–water partition coefficient (Wildman–Crippen LogP) is 5.47. The van der Waals surface area contributed by atoms with Crippen LogP contribution in [-0.2, 0) is 4.79 Å². The zero-order valence-electron chi connectivity index (χ0n) is 16.1. The van der Waals surface area contributed by atoms with Gasteiger partial charge in [-0.05, 0) is 42.8 Å². The minimum Gasteiger partial charge on any atom is -0.493 e. The number of amides is 2. The van der Waals surface area contributed by atoms with Gasteiger partial charge in [0.05, 0.1) is 12.2 Å². The van der Waals surface area contributed by atoms with Crippen molar-refractivity contribution in [2.45, 2.75) is 34.1 Å².